The van der Waals surface area contributed by atoms with Gasteiger partial charge in [-0.1, -0.05) is 33.6 Å². The van der Waals surface area contributed by atoms with E-state index in [0.29, 0.717) is 0 Å². The Morgan fingerprint density at radius 1 is 0.800 bits per heavy atom. The molecule has 0 aromatic carbocycles. The average Bonchev–Trinajstić information content (AvgIpc) is 2.81. The van der Waals surface area contributed by atoms with Gasteiger partial charge in [-0.05, 0) is 91.8 Å². The minimum absolute atomic E-state index is 0.722. The van der Waals surface area contributed by atoms with Crippen molar-refractivity contribution < 1.29 is 0 Å². The molecule has 4 aliphatic carbocycles. The molecular formula is C20H34. The molecule has 0 aliphatic heterocycles. The van der Waals surface area contributed by atoms with Crippen molar-refractivity contribution in [3.63, 3.8) is 0 Å². The highest BCUT2D eigenvalue weighted by Crippen LogP contribution is 2.66. The van der Waals surface area contributed by atoms with Crippen LogP contribution in [0.2, 0.25) is 0 Å². The standard InChI is InChI=1S/C20H34/c1-14-8-12-20(3)15(13-14)6-7-16-17-5-4-10-19(17,2)11-9-18(16)20/h14-18H,4-13H2,1-3H3/t14?,15?,16-,17-,18-,19-,20-/m0/s1. The van der Waals surface area contributed by atoms with E-state index in [1.807, 2.05) is 0 Å². The summed E-state index contributed by atoms with van der Waals surface area (Å²) in [5.41, 5.74) is 1.46. The van der Waals surface area contributed by atoms with Gasteiger partial charge in [0.15, 0.2) is 0 Å². The van der Waals surface area contributed by atoms with Crippen LogP contribution >= 0.6 is 0 Å². The topological polar surface area (TPSA) is 0 Å². The zero-order valence-electron chi connectivity index (χ0n) is 14.0. The monoisotopic (exact) mass is 274 g/mol. The summed E-state index contributed by atoms with van der Waals surface area (Å²) in [6.45, 7) is 7.84. The molecular weight excluding hydrogens is 240 g/mol. The summed E-state index contributed by atoms with van der Waals surface area (Å²) in [5, 5.41) is 0. The summed E-state index contributed by atoms with van der Waals surface area (Å²) in [7, 11) is 0. The third kappa shape index (κ3) is 1.78. The van der Waals surface area contributed by atoms with E-state index in [1.165, 1.54) is 19.3 Å². The van der Waals surface area contributed by atoms with Gasteiger partial charge in [-0.2, -0.15) is 0 Å². The van der Waals surface area contributed by atoms with E-state index >= 15 is 0 Å². The molecule has 0 aromatic rings. The lowest BCUT2D eigenvalue weighted by Crippen LogP contribution is -2.52. The van der Waals surface area contributed by atoms with Crippen LogP contribution in [0, 0.1) is 40.4 Å². The Bertz CT molecular complexity index is 385. The molecule has 4 aliphatic rings. The molecule has 0 aromatic heterocycles. The predicted molar refractivity (Wildman–Crippen MR) is 85.5 cm³/mol. The second-order valence-corrected chi connectivity index (χ2v) is 9.62. The molecule has 114 valence electrons. The summed E-state index contributed by atoms with van der Waals surface area (Å²) in [6.07, 6.45) is 15.5. The first-order chi connectivity index (χ1) is 9.53. The molecule has 0 nitrogen and oxygen atoms in total. The highest BCUT2D eigenvalue weighted by Gasteiger charge is 2.57. The molecule has 2 unspecified atom stereocenters. The van der Waals surface area contributed by atoms with Crippen LogP contribution in [0.25, 0.3) is 0 Å². The van der Waals surface area contributed by atoms with E-state index in [1.54, 1.807) is 44.9 Å². The van der Waals surface area contributed by atoms with Gasteiger partial charge in [-0.25, -0.2) is 0 Å². The highest BCUT2D eigenvalue weighted by atomic mass is 14.6. The number of hydrogen-bond donors (Lipinski definition) is 0. The van der Waals surface area contributed by atoms with Crippen molar-refractivity contribution in [2.45, 2.75) is 85.0 Å². The number of hydrogen-bond acceptors (Lipinski definition) is 0. The van der Waals surface area contributed by atoms with Crippen LogP contribution in [0.15, 0.2) is 0 Å². The maximum Gasteiger partial charge on any atom is -0.0266 e. The molecule has 4 rings (SSSR count). The van der Waals surface area contributed by atoms with E-state index < -0.39 is 0 Å². The molecule has 0 spiro atoms. The van der Waals surface area contributed by atoms with Gasteiger partial charge in [0.05, 0.1) is 0 Å². The SMILES string of the molecule is CC1CC[C@@]2(C)C(CC[C@H]3[C@@H]4CCC[C@@]4(C)CC[C@@H]32)C1. The van der Waals surface area contributed by atoms with E-state index in [2.05, 4.69) is 20.8 Å². The third-order valence-electron chi connectivity index (χ3n) is 8.71. The Kier molecular flexibility index (Phi) is 3.07. The molecule has 0 amide bonds. The molecule has 0 heteroatoms. The smallest absolute Gasteiger partial charge is 0.0266 e. The Hall–Kier alpha value is 0. The third-order valence-corrected chi connectivity index (χ3v) is 8.71. The molecule has 4 saturated carbocycles. The lowest BCUT2D eigenvalue weighted by atomic mass is 9.45. The van der Waals surface area contributed by atoms with Gasteiger partial charge in [0, 0.05) is 0 Å². The van der Waals surface area contributed by atoms with Crippen LogP contribution in [-0.4, -0.2) is 0 Å². The van der Waals surface area contributed by atoms with Gasteiger partial charge in [0.25, 0.3) is 0 Å². The molecule has 0 saturated heterocycles. The van der Waals surface area contributed by atoms with Crippen molar-refractivity contribution in [2.24, 2.45) is 40.4 Å². The van der Waals surface area contributed by atoms with Crippen LogP contribution in [0.1, 0.15) is 85.0 Å². The zero-order chi connectivity index (χ0) is 14.0. The lowest BCUT2D eigenvalue weighted by molar-refractivity contribution is -0.110. The first kappa shape index (κ1) is 13.6. The van der Waals surface area contributed by atoms with Gasteiger partial charge in [0.2, 0.25) is 0 Å². The highest BCUT2D eigenvalue weighted by molar-refractivity contribution is 5.07. The second-order valence-electron chi connectivity index (χ2n) is 9.62. The van der Waals surface area contributed by atoms with Crippen LogP contribution in [0.4, 0.5) is 0 Å². The minimum atomic E-state index is 0.722. The van der Waals surface area contributed by atoms with E-state index in [-0.39, 0.29) is 0 Å². The first-order valence-corrected chi connectivity index (χ1v) is 9.53. The van der Waals surface area contributed by atoms with Crippen molar-refractivity contribution in [1.29, 1.82) is 0 Å². The van der Waals surface area contributed by atoms with E-state index in [0.717, 1.165) is 40.4 Å². The molecule has 0 radical (unpaired) electrons. The normalized spacial score (nSPS) is 58.6. The van der Waals surface area contributed by atoms with Gasteiger partial charge in [-0.15, -0.1) is 0 Å². The average molecular weight is 274 g/mol. The van der Waals surface area contributed by atoms with Crippen LogP contribution in [0.3, 0.4) is 0 Å². The predicted octanol–water partition coefficient (Wildman–Crippen LogP) is 6.06. The van der Waals surface area contributed by atoms with Gasteiger partial charge in [-0.3, -0.25) is 0 Å². The molecule has 0 bridgehead atoms. The Balaban J connectivity index is 1.62. The van der Waals surface area contributed by atoms with Crippen LogP contribution in [0.5, 0.6) is 0 Å². The van der Waals surface area contributed by atoms with Crippen LogP contribution < -0.4 is 0 Å². The summed E-state index contributed by atoms with van der Waals surface area (Å²) in [5.74, 6) is 5.36. The Morgan fingerprint density at radius 3 is 2.50 bits per heavy atom. The first-order valence-electron chi connectivity index (χ1n) is 9.53. The largest absolute Gasteiger partial charge is 0.0625 e. The van der Waals surface area contributed by atoms with Crippen molar-refractivity contribution in [1.82, 2.24) is 0 Å². The summed E-state index contributed by atoms with van der Waals surface area (Å²) < 4.78 is 0. The molecule has 4 fully saturated rings. The van der Waals surface area contributed by atoms with Crippen LogP contribution in [-0.2, 0) is 0 Å². The van der Waals surface area contributed by atoms with Crippen molar-refractivity contribution in [3.05, 3.63) is 0 Å². The summed E-state index contributed by atoms with van der Waals surface area (Å²) >= 11 is 0. The van der Waals surface area contributed by atoms with Gasteiger partial charge >= 0.3 is 0 Å². The van der Waals surface area contributed by atoms with E-state index in [4.69, 9.17) is 0 Å². The molecule has 0 N–H and O–H groups in total. The van der Waals surface area contributed by atoms with Crippen molar-refractivity contribution in [2.75, 3.05) is 0 Å². The maximum atomic E-state index is 2.71. The summed E-state index contributed by atoms with van der Waals surface area (Å²) in [4.78, 5) is 0. The molecule has 7 atom stereocenters. The second kappa shape index (κ2) is 4.50. The Labute approximate surface area is 126 Å². The van der Waals surface area contributed by atoms with Crippen molar-refractivity contribution >= 4 is 0 Å². The fraction of sp³-hybridized carbons (Fsp3) is 1.00. The number of rotatable bonds is 0. The van der Waals surface area contributed by atoms with Crippen molar-refractivity contribution in [3.8, 4) is 0 Å². The minimum Gasteiger partial charge on any atom is -0.0625 e. The fourth-order valence-corrected chi connectivity index (χ4v) is 7.47. The van der Waals surface area contributed by atoms with Gasteiger partial charge in [0.1, 0.15) is 0 Å². The summed E-state index contributed by atoms with van der Waals surface area (Å²) in [6, 6.07) is 0. The fourth-order valence-electron chi connectivity index (χ4n) is 7.47. The Morgan fingerprint density at radius 2 is 1.65 bits per heavy atom. The lowest BCUT2D eigenvalue weighted by Gasteiger charge is -2.60. The quantitative estimate of drug-likeness (QED) is 0.504. The molecule has 20 heavy (non-hydrogen) atoms. The molecule has 0 heterocycles. The van der Waals surface area contributed by atoms with Gasteiger partial charge < -0.3 is 0 Å². The number of fused-ring (bicyclic) bond motifs is 5. The maximum absolute atomic E-state index is 2.71. The van der Waals surface area contributed by atoms with E-state index in [9.17, 15) is 0 Å². The zero-order valence-corrected chi connectivity index (χ0v) is 14.0.